The lowest BCUT2D eigenvalue weighted by Gasteiger charge is -2.17. The van der Waals surface area contributed by atoms with Crippen LogP contribution >= 0.6 is 0 Å². The van der Waals surface area contributed by atoms with Crippen molar-refractivity contribution in [2.24, 2.45) is 4.99 Å². The van der Waals surface area contributed by atoms with Crippen LogP contribution in [0.3, 0.4) is 0 Å². The molecule has 1 heterocycles. The fourth-order valence-corrected chi connectivity index (χ4v) is 1.72. The highest BCUT2D eigenvalue weighted by molar-refractivity contribution is 6.03. The zero-order valence-corrected chi connectivity index (χ0v) is 8.25. The third-order valence-electron chi connectivity index (χ3n) is 2.49. The van der Waals surface area contributed by atoms with Gasteiger partial charge in [0.25, 0.3) is 0 Å². The number of hydrogen-bond donors (Lipinski definition) is 1. The summed E-state index contributed by atoms with van der Waals surface area (Å²) in [6.07, 6.45) is 1.67. The third-order valence-corrected chi connectivity index (χ3v) is 2.49. The van der Waals surface area contributed by atoms with Gasteiger partial charge in [-0.25, -0.2) is 4.99 Å². The zero-order valence-electron chi connectivity index (χ0n) is 8.25. The van der Waals surface area contributed by atoms with Gasteiger partial charge in [0.2, 0.25) is 0 Å². The topological polar surface area (TPSA) is 32.6 Å². The van der Waals surface area contributed by atoms with Crippen molar-refractivity contribution in [1.29, 1.82) is 0 Å². The van der Waals surface area contributed by atoms with Crippen LogP contribution < -0.4 is 0 Å². The Morgan fingerprint density at radius 2 is 2.29 bits per heavy atom. The van der Waals surface area contributed by atoms with E-state index in [4.69, 9.17) is 0 Å². The minimum Gasteiger partial charge on any atom is -0.506 e. The normalized spacial score (nSPS) is 14.9. The molecule has 0 saturated heterocycles. The van der Waals surface area contributed by atoms with E-state index in [2.05, 4.69) is 18.5 Å². The van der Waals surface area contributed by atoms with E-state index in [-0.39, 0.29) is 5.75 Å². The Morgan fingerprint density at radius 3 is 3.00 bits per heavy atom. The van der Waals surface area contributed by atoms with Crippen LogP contribution in [0.5, 0.6) is 5.75 Å². The molecule has 0 radical (unpaired) electrons. The summed E-state index contributed by atoms with van der Waals surface area (Å²) in [6, 6.07) is 5.49. The number of phenols is 1. The number of benzene rings is 1. The van der Waals surface area contributed by atoms with Gasteiger partial charge < -0.3 is 5.11 Å². The first-order valence-electron chi connectivity index (χ1n) is 4.79. The number of para-hydroxylation sites is 1. The molecule has 0 amide bonds. The summed E-state index contributed by atoms with van der Waals surface area (Å²) in [7, 11) is 0. The molecule has 1 N–H and O–H groups in total. The Hall–Kier alpha value is -1.57. The summed E-state index contributed by atoms with van der Waals surface area (Å²) >= 11 is 0. The lowest BCUT2D eigenvalue weighted by atomic mass is 9.96. The fraction of sp³-hybridized carbons (Fsp3) is 0.250. The molecule has 14 heavy (non-hydrogen) atoms. The first kappa shape index (κ1) is 9.00. The molecule has 0 aliphatic carbocycles. The molecular weight excluding hydrogens is 174 g/mol. The Morgan fingerprint density at radius 1 is 1.50 bits per heavy atom. The van der Waals surface area contributed by atoms with Crippen molar-refractivity contribution in [3.8, 4) is 5.75 Å². The molecule has 1 aromatic carbocycles. The Balaban J connectivity index is 2.57. The summed E-state index contributed by atoms with van der Waals surface area (Å²) in [5, 5.41) is 9.62. The van der Waals surface area contributed by atoms with E-state index in [0.717, 1.165) is 35.4 Å². The highest BCUT2D eigenvalue weighted by atomic mass is 16.3. The second kappa shape index (κ2) is 3.29. The number of aliphatic imine (C=N–C) groups is 1. The van der Waals surface area contributed by atoms with E-state index in [1.807, 2.05) is 12.1 Å². The predicted molar refractivity (Wildman–Crippen MR) is 58.3 cm³/mol. The van der Waals surface area contributed by atoms with Gasteiger partial charge in [0.1, 0.15) is 11.4 Å². The summed E-state index contributed by atoms with van der Waals surface area (Å²) in [6.45, 7) is 6.03. The highest BCUT2D eigenvalue weighted by Gasteiger charge is 2.16. The number of aromatic hydroxyl groups is 1. The monoisotopic (exact) mass is 187 g/mol. The lowest BCUT2D eigenvalue weighted by Crippen LogP contribution is -2.08. The van der Waals surface area contributed by atoms with E-state index in [1.54, 1.807) is 6.07 Å². The summed E-state index contributed by atoms with van der Waals surface area (Å²) < 4.78 is 0. The quantitative estimate of drug-likeness (QED) is 0.720. The maximum absolute atomic E-state index is 9.62. The molecule has 72 valence electrons. The van der Waals surface area contributed by atoms with Crippen LogP contribution in [0.25, 0.3) is 0 Å². The molecule has 2 heteroatoms. The second-order valence-electron chi connectivity index (χ2n) is 3.48. The molecule has 0 saturated carbocycles. The van der Waals surface area contributed by atoms with Crippen molar-refractivity contribution in [3.63, 3.8) is 0 Å². The van der Waals surface area contributed by atoms with Gasteiger partial charge in [0.15, 0.2) is 0 Å². The van der Waals surface area contributed by atoms with Gasteiger partial charge >= 0.3 is 0 Å². The average molecular weight is 187 g/mol. The molecule has 0 unspecified atom stereocenters. The second-order valence-corrected chi connectivity index (χ2v) is 3.48. The van der Waals surface area contributed by atoms with Crippen molar-refractivity contribution >= 4 is 11.4 Å². The van der Waals surface area contributed by atoms with Gasteiger partial charge in [-0.3, -0.25) is 0 Å². The largest absolute Gasteiger partial charge is 0.506 e. The van der Waals surface area contributed by atoms with E-state index in [0.29, 0.717) is 0 Å². The van der Waals surface area contributed by atoms with Gasteiger partial charge in [-0.2, -0.15) is 0 Å². The van der Waals surface area contributed by atoms with Crippen LogP contribution in [0.1, 0.15) is 18.9 Å². The standard InChI is InChI=1S/C12H13NO/c1-3-10-8(2)7-9-5-4-6-11(14)12(9)13-10/h4-6,14H,2-3,7H2,1H3. The maximum atomic E-state index is 9.62. The smallest absolute Gasteiger partial charge is 0.141 e. The van der Waals surface area contributed by atoms with Crippen molar-refractivity contribution in [2.75, 3.05) is 0 Å². The predicted octanol–water partition coefficient (Wildman–Crippen LogP) is 2.99. The van der Waals surface area contributed by atoms with E-state index in [1.165, 1.54) is 0 Å². The molecule has 2 nitrogen and oxygen atoms in total. The molecular formula is C12H13NO. The first-order chi connectivity index (χ1) is 6.72. The molecule has 0 spiro atoms. The Bertz CT molecular complexity index is 418. The van der Waals surface area contributed by atoms with Gasteiger partial charge in [0.05, 0.1) is 0 Å². The number of phenolic OH excluding ortho intramolecular Hbond substituents is 1. The number of allylic oxidation sites excluding steroid dienone is 1. The third kappa shape index (κ3) is 1.33. The molecule has 1 aliphatic rings. The van der Waals surface area contributed by atoms with Crippen molar-refractivity contribution in [1.82, 2.24) is 0 Å². The minimum absolute atomic E-state index is 0.265. The van der Waals surface area contributed by atoms with Crippen molar-refractivity contribution in [2.45, 2.75) is 19.8 Å². The lowest BCUT2D eigenvalue weighted by molar-refractivity contribution is 0.476. The Labute approximate surface area is 83.6 Å². The average Bonchev–Trinajstić information content (AvgIpc) is 2.17. The molecule has 2 rings (SSSR count). The Kier molecular flexibility index (Phi) is 2.12. The number of fused-ring (bicyclic) bond motifs is 1. The van der Waals surface area contributed by atoms with E-state index >= 15 is 0 Å². The van der Waals surface area contributed by atoms with Crippen LogP contribution in [-0.2, 0) is 6.42 Å². The van der Waals surface area contributed by atoms with E-state index in [9.17, 15) is 5.11 Å². The van der Waals surface area contributed by atoms with E-state index < -0.39 is 0 Å². The molecule has 1 aliphatic heterocycles. The number of rotatable bonds is 1. The van der Waals surface area contributed by atoms with Crippen LogP contribution in [0.4, 0.5) is 5.69 Å². The van der Waals surface area contributed by atoms with Crippen molar-refractivity contribution in [3.05, 3.63) is 35.9 Å². The van der Waals surface area contributed by atoms with Crippen LogP contribution in [-0.4, -0.2) is 10.8 Å². The molecule has 0 fully saturated rings. The molecule has 1 aromatic rings. The molecule has 0 bridgehead atoms. The van der Waals surface area contributed by atoms with Gasteiger partial charge in [-0.05, 0) is 23.6 Å². The number of nitrogens with zero attached hydrogens (tertiary/aromatic N) is 1. The van der Waals surface area contributed by atoms with Crippen molar-refractivity contribution < 1.29 is 5.11 Å². The summed E-state index contributed by atoms with van der Waals surface area (Å²) in [5.41, 5.74) is 3.84. The molecule has 0 aromatic heterocycles. The zero-order chi connectivity index (χ0) is 10.1. The van der Waals surface area contributed by atoms with Crippen LogP contribution in [0.15, 0.2) is 35.3 Å². The van der Waals surface area contributed by atoms with Gasteiger partial charge in [0, 0.05) is 12.1 Å². The maximum Gasteiger partial charge on any atom is 0.141 e. The van der Waals surface area contributed by atoms with Gasteiger partial charge in [-0.1, -0.05) is 25.6 Å². The minimum atomic E-state index is 0.265. The van der Waals surface area contributed by atoms with Crippen LogP contribution in [0.2, 0.25) is 0 Å². The SMILES string of the molecule is C=C1Cc2cccc(O)c2N=C1CC. The highest BCUT2D eigenvalue weighted by Crippen LogP contribution is 2.35. The van der Waals surface area contributed by atoms with Gasteiger partial charge in [-0.15, -0.1) is 0 Å². The molecule has 0 atom stereocenters. The summed E-state index contributed by atoms with van der Waals surface area (Å²) in [4.78, 5) is 4.41. The fourth-order valence-electron chi connectivity index (χ4n) is 1.72. The first-order valence-corrected chi connectivity index (χ1v) is 4.79. The number of hydrogen-bond acceptors (Lipinski definition) is 2. The summed E-state index contributed by atoms with van der Waals surface area (Å²) in [5.74, 6) is 0.265. The van der Waals surface area contributed by atoms with Crippen LogP contribution in [0, 0.1) is 0 Å².